The fraction of sp³-hybridized carbons (Fsp3) is 0.0189. The zero-order valence-corrected chi connectivity index (χ0v) is 32.3. The van der Waals surface area contributed by atoms with Crippen LogP contribution in [0.1, 0.15) is 18.1 Å². The van der Waals surface area contributed by atoms with Crippen molar-refractivity contribution in [3.8, 4) is 39.8 Å². The van der Waals surface area contributed by atoms with Crippen molar-refractivity contribution < 1.29 is 0 Å². The highest BCUT2D eigenvalue weighted by atomic mass is 15.1. The molecular weight excluding hydrogens is 717 g/mol. The van der Waals surface area contributed by atoms with Gasteiger partial charge in [-0.05, 0) is 81.6 Å². The number of allylic oxidation sites excluding steroid dienone is 1. The molecule has 0 saturated carbocycles. The average molecular weight is 752 g/mol. The van der Waals surface area contributed by atoms with E-state index < -0.39 is 0 Å². The molecule has 11 aromatic rings. The Balaban J connectivity index is 1.30. The monoisotopic (exact) mass is 751 g/mol. The van der Waals surface area contributed by atoms with Crippen LogP contribution in [-0.2, 0) is 0 Å². The highest BCUT2D eigenvalue weighted by Crippen LogP contribution is 2.41. The van der Waals surface area contributed by atoms with Gasteiger partial charge in [0, 0.05) is 33.3 Å². The minimum Gasteiger partial charge on any atom is -0.309 e. The molecule has 2 aliphatic heterocycles. The molecule has 3 aromatic heterocycles. The highest BCUT2D eigenvalue weighted by Gasteiger charge is 2.44. The van der Waals surface area contributed by atoms with Crippen LogP contribution >= 0.6 is 0 Å². The normalized spacial score (nSPS) is 12.8. The molecule has 2 aliphatic rings. The predicted molar refractivity (Wildman–Crippen MR) is 248 cm³/mol. The average Bonchev–Trinajstić information content (AvgIpc) is 3.98. The van der Waals surface area contributed by atoms with E-state index in [1.54, 1.807) is 0 Å². The van der Waals surface area contributed by atoms with Crippen LogP contribution in [-0.4, -0.2) is 30.4 Å². The van der Waals surface area contributed by atoms with Gasteiger partial charge in [-0.1, -0.05) is 146 Å². The molecule has 0 unspecified atom stereocenters. The Labute approximate surface area is 340 Å². The van der Waals surface area contributed by atoms with Crippen molar-refractivity contribution in [3.05, 3.63) is 182 Å². The quantitative estimate of drug-likeness (QED) is 0.164. The van der Waals surface area contributed by atoms with Gasteiger partial charge < -0.3 is 4.57 Å². The number of hydrogen-bond donors (Lipinski definition) is 0. The van der Waals surface area contributed by atoms with Gasteiger partial charge in [-0.25, -0.2) is 9.97 Å². The summed E-state index contributed by atoms with van der Waals surface area (Å²) in [6.07, 6.45) is 6.42. The Morgan fingerprint density at radius 3 is 1.64 bits per heavy atom. The number of aromatic nitrogens is 5. The first-order chi connectivity index (χ1) is 29.2. The van der Waals surface area contributed by atoms with Gasteiger partial charge in [-0.3, -0.25) is 9.13 Å². The van der Waals surface area contributed by atoms with E-state index >= 15 is 0 Å². The van der Waals surface area contributed by atoms with Gasteiger partial charge in [0.25, 0.3) is 6.71 Å². The van der Waals surface area contributed by atoms with Crippen molar-refractivity contribution in [3.63, 3.8) is 0 Å². The second-order valence-electron chi connectivity index (χ2n) is 15.7. The molecule has 5 heterocycles. The topological polar surface area (TPSA) is 40.6 Å². The standard InChI is InChI=1S/C53H34BN5/c1-3-17-37-32(4-2)28-41-50-47(37)54-48-38-23-12-11-22-35(38)29-42-51(48)59(53(56-42)34-20-9-6-10-21-34)46-31-36(57-43-26-15-13-24-39(43)40-25-14-16-27-44(40)57)30-45(49(46)54)58(50)52(55-41)33-18-7-5-8-19-33/h3-31H,2H2,1H3/b17-3-. The maximum Gasteiger partial charge on any atom is 0.253 e. The molecule has 0 fully saturated rings. The Morgan fingerprint density at radius 2 is 1.05 bits per heavy atom. The fourth-order valence-electron chi connectivity index (χ4n) is 10.4. The zero-order valence-electron chi connectivity index (χ0n) is 32.3. The first kappa shape index (κ1) is 32.4. The summed E-state index contributed by atoms with van der Waals surface area (Å²) in [5, 5.41) is 4.87. The van der Waals surface area contributed by atoms with Gasteiger partial charge in [-0.15, -0.1) is 0 Å². The highest BCUT2D eigenvalue weighted by molar-refractivity contribution is 7.02. The lowest BCUT2D eigenvalue weighted by Gasteiger charge is -2.36. The molecule has 6 heteroatoms. The smallest absolute Gasteiger partial charge is 0.253 e. The molecule has 0 bridgehead atoms. The molecule has 59 heavy (non-hydrogen) atoms. The lowest BCUT2D eigenvalue weighted by atomic mass is 9.33. The van der Waals surface area contributed by atoms with Gasteiger partial charge in [0.05, 0.1) is 38.8 Å². The summed E-state index contributed by atoms with van der Waals surface area (Å²) in [7, 11) is 0. The SMILES string of the molecule is C=Cc1cc2nc(-c3ccccc3)n3c2c(c1/C=C\C)B1c2c-3cc(-n3c4ccccc4c4ccccc43)cc2-n2c(-c3ccccc3)nc3cc4ccccc4c1c32. The van der Waals surface area contributed by atoms with Gasteiger partial charge in [0.2, 0.25) is 0 Å². The van der Waals surface area contributed by atoms with Crippen molar-refractivity contribution in [1.29, 1.82) is 0 Å². The largest absolute Gasteiger partial charge is 0.309 e. The van der Waals surface area contributed by atoms with Crippen molar-refractivity contribution in [2.75, 3.05) is 0 Å². The number of nitrogens with zero attached hydrogens (tertiary/aromatic N) is 5. The second-order valence-corrected chi connectivity index (χ2v) is 15.7. The van der Waals surface area contributed by atoms with Crippen LogP contribution in [0.4, 0.5) is 0 Å². The van der Waals surface area contributed by atoms with Crippen LogP contribution in [0.25, 0.3) is 107 Å². The third kappa shape index (κ3) is 4.24. The number of imidazole rings is 2. The van der Waals surface area contributed by atoms with E-state index in [1.165, 1.54) is 54.5 Å². The lowest BCUT2D eigenvalue weighted by molar-refractivity contribution is 1.06. The predicted octanol–water partition coefficient (Wildman–Crippen LogP) is 10.8. The summed E-state index contributed by atoms with van der Waals surface area (Å²) in [6.45, 7) is 6.33. The summed E-state index contributed by atoms with van der Waals surface area (Å²) >= 11 is 0. The molecule has 0 amide bonds. The maximum absolute atomic E-state index is 5.56. The molecule has 0 atom stereocenters. The van der Waals surface area contributed by atoms with Crippen LogP contribution in [0, 0.1) is 0 Å². The van der Waals surface area contributed by atoms with E-state index in [0.717, 1.165) is 67.5 Å². The van der Waals surface area contributed by atoms with Gasteiger partial charge >= 0.3 is 0 Å². The third-order valence-corrected chi connectivity index (χ3v) is 12.7. The fourth-order valence-corrected chi connectivity index (χ4v) is 10.4. The molecule has 0 saturated heterocycles. The Bertz CT molecular complexity index is 3590. The van der Waals surface area contributed by atoms with E-state index in [0.29, 0.717) is 0 Å². The van der Waals surface area contributed by atoms with E-state index in [1.807, 2.05) is 6.08 Å². The summed E-state index contributed by atoms with van der Waals surface area (Å²) in [4.78, 5) is 11.1. The van der Waals surface area contributed by atoms with E-state index in [2.05, 4.69) is 197 Å². The first-order valence-electron chi connectivity index (χ1n) is 20.3. The van der Waals surface area contributed by atoms with Crippen molar-refractivity contribution in [2.45, 2.75) is 6.92 Å². The molecule has 13 rings (SSSR count). The van der Waals surface area contributed by atoms with Crippen LogP contribution in [0.5, 0.6) is 0 Å². The summed E-state index contributed by atoms with van der Waals surface area (Å²) < 4.78 is 7.37. The second kappa shape index (κ2) is 11.9. The van der Waals surface area contributed by atoms with Gasteiger partial charge in [0.1, 0.15) is 11.6 Å². The molecule has 8 aromatic carbocycles. The van der Waals surface area contributed by atoms with Crippen molar-refractivity contribution in [2.24, 2.45) is 0 Å². The van der Waals surface area contributed by atoms with E-state index in [9.17, 15) is 0 Å². The molecule has 0 spiro atoms. The molecule has 274 valence electrons. The molecule has 0 aliphatic carbocycles. The number of fused-ring (bicyclic) bond motifs is 9. The van der Waals surface area contributed by atoms with Crippen LogP contribution in [0.2, 0.25) is 0 Å². The Kier molecular flexibility index (Phi) is 6.54. The lowest BCUT2D eigenvalue weighted by Crippen LogP contribution is -2.60. The van der Waals surface area contributed by atoms with E-state index in [4.69, 9.17) is 9.97 Å². The maximum atomic E-state index is 5.56. The first-order valence-corrected chi connectivity index (χ1v) is 20.3. The third-order valence-electron chi connectivity index (χ3n) is 12.7. The minimum absolute atomic E-state index is 0.130. The summed E-state index contributed by atoms with van der Waals surface area (Å²) in [6, 6.07) is 57.0. The molecule has 0 radical (unpaired) electrons. The summed E-state index contributed by atoms with van der Waals surface area (Å²) in [5.41, 5.74) is 18.0. The van der Waals surface area contributed by atoms with Crippen molar-refractivity contribution >= 4 is 89.9 Å². The van der Waals surface area contributed by atoms with Crippen LogP contribution in [0.15, 0.2) is 170 Å². The molecule has 5 nitrogen and oxygen atoms in total. The number of benzene rings is 8. The van der Waals surface area contributed by atoms with Crippen LogP contribution < -0.4 is 16.4 Å². The van der Waals surface area contributed by atoms with Crippen LogP contribution in [0.3, 0.4) is 0 Å². The number of para-hydroxylation sites is 2. The number of hydrogen-bond acceptors (Lipinski definition) is 2. The van der Waals surface area contributed by atoms with Gasteiger partial charge in [-0.2, -0.15) is 0 Å². The Hall–Kier alpha value is -7.70. The molecular formula is C53H34BN5. The van der Waals surface area contributed by atoms with Gasteiger partial charge in [0.15, 0.2) is 0 Å². The minimum atomic E-state index is -0.130. The zero-order chi connectivity index (χ0) is 38.9. The summed E-state index contributed by atoms with van der Waals surface area (Å²) in [5.74, 6) is 1.84. The molecule has 0 N–H and O–H groups in total. The van der Waals surface area contributed by atoms with Crippen molar-refractivity contribution in [1.82, 2.24) is 23.7 Å². The Morgan fingerprint density at radius 1 is 0.525 bits per heavy atom. The number of rotatable bonds is 5. The van der Waals surface area contributed by atoms with E-state index in [-0.39, 0.29) is 6.71 Å².